The van der Waals surface area contributed by atoms with E-state index in [0.29, 0.717) is 11.1 Å². The van der Waals surface area contributed by atoms with E-state index in [1.807, 2.05) is 30.5 Å². The van der Waals surface area contributed by atoms with Crippen molar-refractivity contribution in [3.63, 3.8) is 0 Å². The van der Waals surface area contributed by atoms with E-state index in [2.05, 4.69) is 0 Å². The van der Waals surface area contributed by atoms with E-state index in [4.69, 9.17) is 4.74 Å². The van der Waals surface area contributed by atoms with Gasteiger partial charge in [-0.2, -0.15) is 5.26 Å². The van der Waals surface area contributed by atoms with Gasteiger partial charge in [-0.3, -0.25) is 4.79 Å². The van der Waals surface area contributed by atoms with Gasteiger partial charge in [-0.05, 0) is 30.9 Å². The molecule has 0 radical (unpaired) electrons. The molecule has 1 N–H and O–H groups in total. The summed E-state index contributed by atoms with van der Waals surface area (Å²) in [4.78, 5) is 14.8. The smallest absolute Gasteiger partial charge is 0.293 e. The predicted octanol–water partition coefficient (Wildman–Crippen LogP) is 2.86. The molecule has 0 bridgehead atoms. The van der Waals surface area contributed by atoms with Crippen molar-refractivity contribution in [3.05, 3.63) is 40.8 Å². The summed E-state index contributed by atoms with van der Waals surface area (Å²) in [5.74, 6) is -0.589. The monoisotopic (exact) mass is 304 g/mol. The molecule has 0 aromatic heterocycles. The van der Waals surface area contributed by atoms with E-state index in [-0.39, 0.29) is 18.1 Å². The van der Waals surface area contributed by atoms with E-state index in [1.54, 1.807) is 25.7 Å². The number of rotatable bonds is 4. The number of nitriles is 1. The van der Waals surface area contributed by atoms with Crippen LogP contribution in [0.4, 0.5) is 0 Å². The molecule has 1 atom stereocenters. The third kappa shape index (κ3) is 2.57. The van der Waals surface area contributed by atoms with Crippen LogP contribution in [0.1, 0.15) is 28.9 Å². The van der Waals surface area contributed by atoms with Crippen molar-refractivity contribution >= 4 is 17.7 Å². The van der Waals surface area contributed by atoms with Gasteiger partial charge in [0.1, 0.15) is 17.7 Å². The first-order valence-corrected chi connectivity index (χ1v) is 7.68. The van der Waals surface area contributed by atoms with Crippen molar-refractivity contribution < 1.29 is 14.6 Å². The molecule has 1 amide bonds. The molecule has 0 saturated heterocycles. The van der Waals surface area contributed by atoms with Gasteiger partial charge in [-0.1, -0.05) is 6.07 Å². The lowest BCUT2D eigenvalue weighted by molar-refractivity contribution is 0.0760. The summed E-state index contributed by atoms with van der Waals surface area (Å²) >= 11 is 1.55. The second kappa shape index (κ2) is 6.10. The fraction of sp³-hybridized carbons (Fsp3) is 0.333. The highest BCUT2D eigenvalue weighted by molar-refractivity contribution is 7.98. The average molecular weight is 304 g/mol. The minimum absolute atomic E-state index is 0.0448. The van der Waals surface area contributed by atoms with E-state index in [1.165, 1.54) is 4.90 Å². The molecule has 1 heterocycles. The van der Waals surface area contributed by atoms with Crippen molar-refractivity contribution in [2.45, 2.75) is 17.9 Å². The van der Waals surface area contributed by atoms with Crippen LogP contribution in [0.5, 0.6) is 0 Å². The highest BCUT2D eigenvalue weighted by Crippen LogP contribution is 2.39. The Morgan fingerprint density at radius 1 is 1.57 bits per heavy atom. The van der Waals surface area contributed by atoms with Crippen LogP contribution in [0.25, 0.3) is 0 Å². The van der Waals surface area contributed by atoms with E-state index >= 15 is 0 Å². The van der Waals surface area contributed by atoms with Gasteiger partial charge in [0, 0.05) is 17.5 Å². The molecule has 1 aliphatic rings. The minimum Gasteiger partial charge on any atom is -0.480 e. The zero-order valence-corrected chi connectivity index (χ0v) is 12.9. The van der Waals surface area contributed by atoms with Crippen LogP contribution in [0.2, 0.25) is 0 Å². The molecule has 0 spiro atoms. The molecule has 2 rings (SSSR count). The Hall–Kier alpha value is -2.13. The molecule has 0 saturated carbocycles. The molecule has 1 aliphatic heterocycles. The molecule has 1 unspecified atom stereocenters. The molecule has 5 nitrogen and oxygen atoms in total. The Morgan fingerprint density at radius 3 is 2.86 bits per heavy atom. The summed E-state index contributed by atoms with van der Waals surface area (Å²) in [7, 11) is 1.61. The summed E-state index contributed by atoms with van der Waals surface area (Å²) < 4.78 is 5.02. The van der Waals surface area contributed by atoms with E-state index in [9.17, 15) is 15.2 Å². The van der Waals surface area contributed by atoms with Crippen LogP contribution in [-0.2, 0) is 4.74 Å². The van der Waals surface area contributed by atoms with E-state index in [0.717, 1.165) is 4.90 Å². The maximum Gasteiger partial charge on any atom is 0.293 e. The first kappa shape index (κ1) is 15.3. The first-order chi connectivity index (χ1) is 10.0. The molecule has 0 aliphatic carbocycles. The quantitative estimate of drug-likeness (QED) is 0.526. The number of amides is 1. The number of aliphatic hydroxyl groups is 1. The first-order valence-electron chi connectivity index (χ1n) is 6.46. The summed E-state index contributed by atoms with van der Waals surface area (Å²) in [5, 5.41) is 19.2. The topological polar surface area (TPSA) is 73.6 Å². The molecule has 1 aromatic carbocycles. The molecule has 0 fully saturated rings. The highest BCUT2D eigenvalue weighted by atomic mass is 32.2. The minimum atomic E-state index is -0.611. The van der Waals surface area contributed by atoms with Crippen LogP contribution in [0.3, 0.4) is 0 Å². The van der Waals surface area contributed by atoms with Gasteiger partial charge < -0.3 is 14.7 Å². The molecule has 110 valence electrons. The zero-order valence-electron chi connectivity index (χ0n) is 12.1. The van der Waals surface area contributed by atoms with Gasteiger partial charge in [-0.25, -0.2) is 0 Å². The van der Waals surface area contributed by atoms with Crippen LogP contribution in [0, 0.1) is 11.3 Å². The largest absolute Gasteiger partial charge is 0.480 e. The number of nitrogens with zero attached hydrogens (tertiary/aromatic N) is 2. The fourth-order valence-electron chi connectivity index (χ4n) is 2.39. The van der Waals surface area contributed by atoms with Crippen LogP contribution < -0.4 is 0 Å². The van der Waals surface area contributed by atoms with Crippen molar-refractivity contribution in [3.8, 4) is 6.07 Å². The maximum absolute atomic E-state index is 12.3. The van der Waals surface area contributed by atoms with Gasteiger partial charge in [-0.15, -0.1) is 11.8 Å². The highest BCUT2D eigenvalue weighted by Gasteiger charge is 2.38. The SMILES string of the molecule is CCO/C(O)=C(/C#N)C1c2ccc(SC)cc2C(=O)N1C. The number of hydrogen-bond donors (Lipinski definition) is 1. The van der Waals surface area contributed by atoms with Gasteiger partial charge in [0.15, 0.2) is 0 Å². The second-order valence-corrected chi connectivity index (χ2v) is 5.42. The third-order valence-electron chi connectivity index (χ3n) is 3.40. The number of carbonyl (C=O) groups excluding carboxylic acids is 1. The summed E-state index contributed by atoms with van der Waals surface area (Å²) in [6.45, 7) is 1.97. The fourth-order valence-corrected chi connectivity index (χ4v) is 2.83. The molecule has 6 heteroatoms. The van der Waals surface area contributed by atoms with Crippen molar-refractivity contribution in [1.82, 2.24) is 4.90 Å². The lowest BCUT2D eigenvalue weighted by atomic mass is 9.99. The number of thioether (sulfide) groups is 1. The van der Waals surface area contributed by atoms with Gasteiger partial charge in [0.2, 0.25) is 0 Å². The Labute approximate surface area is 127 Å². The molecular formula is C15H16N2O3S. The molecular weight excluding hydrogens is 288 g/mol. The third-order valence-corrected chi connectivity index (χ3v) is 4.12. The zero-order chi connectivity index (χ0) is 15.6. The standard InChI is InChI=1S/C15H16N2O3S/c1-4-20-15(19)12(8-16)13-10-6-5-9(21-3)7-11(10)14(18)17(13)2/h5-7,13,19H,4H2,1-3H3/b15-12-. The summed E-state index contributed by atoms with van der Waals surface area (Å²) in [6, 6.07) is 6.88. The second-order valence-electron chi connectivity index (χ2n) is 4.54. The number of aliphatic hydroxyl groups excluding tert-OH is 1. The average Bonchev–Trinajstić information content (AvgIpc) is 2.73. The van der Waals surface area contributed by atoms with Crippen LogP contribution in [-0.4, -0.2) is 35.8 Å². The Balaban J connectivity index is 2.55. The Bertz CT molecular complexity index is 649. The number of benzene rings is 1. The number of likely N-dealkylation sites (N-methyl/N-ethyl adjacent to an activating group) is 1. The predicted molar refractivity (Wildman–Crippen MR) is 80.0 cm³/mol. The Kier molecular flexibility index (Phi) is 4.43. The van der Waals surface area contributed by atoms with E-state index < -0.39 is 12.0 Å². The van der Waals surface area contributed by atoms with Crippen molar-refractivity contribution in [2.75, 3.05) is 19.9 Å². The van der Waals surface area contributed by atoms with Gasteiger partial charge >= 0.3 is 0 Å². The van der Waals surface area contributed by atoms with Crippen molar-refractivity contribution in [1.29, 1.82) is 5.26 Å². The van der Waals surface area contributed by atoms with Crippen LogP contribution in [0.15, 0.2) is 34.6 Å². The van der Waals surface area contributed by atoms with Crippen LogP contribution >= 0.6 is 11.8 Å². The number of hydrogen-bond acceptors (Lipinski definition) is 5. The number of ether oxygens (including phenoxy) is 1. The summed E-state index contributed by atoms with van der Waals surface area (Å²) in [6.07, 6.45) is 1.93. The summed E-state index contributed by atoms with van der Waals surface area (Å²) in [5.41, 5.74) is 1.32. The van der Waals surface area contributed by atoms with Crippen molar-refractivity contribution in [2.24, 2.45) is 0 Å². The van der Waals surface area contributed by atoms with Gasteiger partial charge in [0.05, 0.1) is 6.61 Å². The maximum atomic E-state index is 12.3. The lowest BCUT2D eigenvalue weighted by Crippen LogP contribution is -2.25. The number of fused-ring (bicyclic) bond motifs is 1. The lowest BCUT2D eigenvalue weighted by Gasteiger charge is -2.20. The Morgan fingerprint density at radius 2 is 2.29 bits per heavy atom. The van der Waals surface area contributed by atoms with Gasteiger partial charge in [0.25, 0.3) is 11.9 Å². The number of carbonyl (C=O) groups is 1. The molecule has 1 aromatic rings. The normalized spacial score (nSPS) is 18.1. The molecule has 21 heavy (non-hydrogen) atoms.